The predicted molar refractivity (Wildman–Crippen MR) is 169 cm³/mol. The minimum Gasteiger partial charge on any atom is -0.444 e. The van der Waals surface area contributed by atoms with Crippen molar-refractivity contribution >= 4 is 12.2 Å². The Bertz CT molecular complexity index is 1330. The molecule has 5 N–H and O–H groups in total. The van der Waals surface area contributed by atoms with Crippen LogP contribution in [0.1, 0.15) is 55.5 Å². The van der Waals surface area contributed by atoms with Crippen LogP contribution >= 0.6 is 0 Å². The number of carbonyl (C=O) groups excluding carboxylic acids is 2. The normalized spacial score (nSPS) is 17.1. The van der Waals surface area contributed by atoms with Crippen LogP contribution in [0, 0.1) is 0 Å². The van der Waals surface area contributed by atoms with Crippen molar-refractivity contribution in [3.8, 4) is 0 Å². The Morgan fingerprint density at radius 2 is 1.27 bits per heavy atom. The van der Waals surface area contributed by atoms with Crippen LogP contribution in [0.2, 0.25) is 0 Å². The van der Waals surface area contributed by atoms with Crippen LogP contribution < -0.4 is 16.0 Å². The molecule has 1 aliphatic carbocycles. The number of ether oxygens (including phenoxy) is 2. The maximum absolute atomic E-state index is 13.0. The topological polar surface area (TPSA) is 129 Å². The summed E-state index contributed by atoms with van der Waals surface area (Å²) < 4.78 is 11.2. The Balaban J connectivity index is 1.36. The summed E-state index contributed by atoms with van der Waals surface area (Å²) >= 11 is 0. The molecule has 236 valence electrons. The minimum absolute atomic E-state index is 0.0889. The molecule has 2 amide bonds. The van der Waals surface area contributed by atoms with Gasteiger partial charge in [-0.2, -0.15) is 0 Å². The van der Waals surface area contributed by atoms with E-state index in [4.69, 9.17) is 9.47 Å². The summed E-state index contributed by atoms with van der Waals surface area (Å²) in [6.45, 7) is 5.51. The largest absolute Gasteiger partial charge is 0.444 e. The second-order valence-corrected chi connectivity index (χ2v) is 12.3. The summed E-state index contributed by atoms with van der Waals surface area (Å²) in [5, 5.41) is 31.1. The Labute approximate surface area is 260 Å². The lowest BCUT2D eigenvalue weighted by Gasteiger charge is -2.28. The van der Waals surface area contributed by atoms with Crippen LogP contribution in [0.25, 0.3) is 0 Å². The molecule has 0 heterocycles. The fourth-order valence-electron chi connectivity index (χ4n) is 5.38. The number of aliphatic hydroxyl groups is 2. The van der Waals surface area contributed by atoms with Crippen LogP contribution in [-0.4, -0.2) is 65.4 Å². The number of carbonyl (C=O) groups is 2. The molecular weight excluding hydrogens is 558 g/mol. The van der Waals surface area contributed by atoms with Gasteiger partial charge in [-0.3, -0.25) is 0 Å². The highest BCUT2D eigenvalue weighted by molar-refractivity contribution is 5.68. The van der Waals surface area contributed by atoms with Crippen LogP contribution in [-0.2, 0) is 28.7 Å². The van der Waals surface area contributed by atoms with Crippen molar-refractivity contribution in [3.63, 3.8) is 0 Å². The molecular formula is C35H45N3O6. The van der Waals surface area contributed by atoms with Crippen molar-refractivity contribution in [1.29, 1.82) is 0 Å². The fraction of sp³-hybridized carbons (Fsp3) is 0.429. The van der Waals surface area contributed by atoms with Crippen molar-refractivity contribution in [2.45, 2.75) is 82.5 Å². The van der Waals surface area contributed by atoms with Crippen LogP contribution in [0.5, 0.6) is 0 Å². The number of aryl methyl sites for hydroxylation is 1. The average Bonchev–Trinajstić information content (AvgIpc) is 3.39. The SMILES string of the molecule is CC(C)(C)OC(=O)N[C@@H](Cc1ccccc1)[C@H](O)CNC[C@@H](O)[C@H](Cc1ccccc1)NC(=O)O[C@H]1CCc2ccccc21. The van der Waals surface area contributed by atoms with Crippen LogP contribution in [0.15, 0.2) is 84.9 Å². The molecule has 9 heteroatoms. The monoisotopic (exact) mass is 603 g/mol. The Hall–Kier alpha value is -3.92. The van der Waals surface area contributed by atoms with Gasteiger partial charge in [0.2, 0.25) is 0 Å². The summed E-state index contributed by atoms with van der Waals surface area (Å²) in [5.41, 5.74) is 3.41. The number of amides is 2. The second kappa shape index (κ2) is 15.7. The van der Waals surface area contributed by atoms with Crippen molar-refractivity contribution in [2.75, 3.05) is 13.1 Å². The molecule has 0 saturated carbocycles. The third-order valence-corrected chi connectivity index (χ3v) is 7.57. The van der Waals surface area contributed by atoms with Gasteiger partial charge < -0.3 is 35.6 Å². The first-order valence-corrected chi connectivity index (χ1v) is 15.3. The number of rotatable bonds is 13. The van der Waals surface area contributed by atoms with E-state index in [-0.39, 0.29) is 19.2 Å². The van der Waals surface area contributed by atoms with Gasteiger partial charge in [0.1, 0.15) is 11.7 Å². The van der Waals surface area contributed by atoms with Gasteiger partial charge in [-0.15, -0.1) is 0 Å². The molecule has 0 unspecified atom stereocenters. The molecule has 1 aliphatic rings. The number of aliphatic hydroxyl groups excluding tert-OH is 2. The maximum atomic E-state index is 13.0. The lowest BCUT2D eigenvalue weighted by atomic mass is 10.00. The lowest BCUT2D eigenvalue weighted by molar-refractivity contribution is 0.0415. The summed E-state index contributed by atoms with van der Waals surface area (Å²) in [5.74, 6) is 0. The molecule has 9 nitrogen and oxygen atoms in total. The molecule has 0 aromatic heterocycles. The third-order valence-electron chi connectivity index (χ3n) is 7.57. The van der Waals surface area contributed by atoms with Crippen molar-refractivity contribution in [3.05, 3.63) is 107 Å². The number of benzene rings is 3. The highest BCUT2D eigenvalue weighted by Crippen LogP contribution is 2.33. The number of nitrogens with one attached hydrogen (secondary N) is 3. The van der Waals surface area contributed by atoms with Gasteiger partial charge in [0.05, 0.1) is 24.3 Å². The van der Waals surface area contributed by atoms with Gasteiger partial charge >= 0.3 is 12.2 Å². The van der Waals surface area contributed by atoms with Crippen molar-refractivity contribution in [2.24, 2.45) is 0 Å². The smallest absolute Gasteiger partial charge is 0.408 e. The van der Waals surface area contributed by atoms with Crippen LogP contribution in [0.3, 0.4) is 0 Å². The van der Waals surface area contributed by atoms with E-state index in [0.29, 0.717) is 12.8 Å². The highest BCUT2D eigenvalue weighted by atomic mass is 16.6. The quantitative estimate of drug-likeness (QED) is 0.195. The van der Waals surface area contributed by atoms with Gasteiger partial charge in [0, 0.05) is 13.1 Å². The van der Waals surface area contributed by atoms with Gasteiger partial charge in [-0.1, -0.05) is 84.9 Å². The number of hydrogen-bond acceptors (Lipinski definition) is 7. The minimum atomic E-state index is -0.989. The lowest BCUT2D eigenvalue weighted by Crippen LogP contribution is -2.52. The van der Waals surface area contributed by atoms with E-state index in [1.54, 1.807) is 20.8 Å². The first-order valence-electron chi connectivity index (χ1n) is 15.3. The molecule has 0 fully saturated rings. The van der Waals surface area contributed by atoms with Gasteiger partial charge in [-0.05, 0) is 68.7 Å². The summed E-state index contributed by atoms with van der Waals surface area (Å²) in [4.78, 5) is 25.5. The van der Waals surface area contributed by atoms with E-state index < -0.39 is 42.1 Å². The Morgan fingerprint density at radius 1 is 0.773 bits per heavy atom. The zero-order chi connectivity index (χ0) is 31.5. The maximum Gasteiger partial charge on any atom is 0.408 e. The molecule has 0 spiro atoms. The second-order valence-electron chi connectivity index (χ2n) is 12.3. The predicted octanol–water partition coefficient (Wildman–Crippen LogP) is 4.46. The molecule has 0 aliphatic heterocycles. The first-order chi connectivity index (χ1) is 21.1. The highest BCUT2D eigenvalue weighted by Gasteiger charge is 2.29. The van der Waals surface area contributed by atoms with Gasteiger partial charge in [0.25, 0.3) is 0 Å². The Morgan fingerprint density at radius 3 is 1.82 bits per heavy atom. The number of hydrogen-bond donors (Lipinski definition) is 5. The van der Waals surface area contributed by atoms with Gasteiger partial charge in [0.15, 0.2) is 0 Å². The molecule has 3 aromatic carbocycles. The molecule has 0 saturated heterocycles. The number of alkyl carbamates (subject to hydrolysis) is 2. The molecule has 4 rings (SSSR count). The standard InChI is InChI=1S/C35H45N3O6/c1-35(2,3)44-34(42)38-29(21-25-14-8-5-9-15-25)31(40)23-36-22-30(39)28(20-24-12-6-4-7-13-24)37-33(41)43-32-19-18-26-16-10-11-17-27(26)32/h4-17,28-32,36,39-40H,18-23H2,1-3H3,(H,37,41)(H,38,42)/t28-,29-,30+,31+,32-/m0/s1. The van der Waals surface area contributed by atoms with E-state index in [0.717, 1.165) is 29.5 Å². The van der Waals surface area contributed by atoms with Crippen LogP contribution in [0.4, 0.5) is 9.59 Å². The molecule has 0 radical (unpaired) electrons. The van der Waals surface area contributed by atoms with Gasteiger partial charge in [-0.25, -0.2) is 9.59 Å². The zero-order valence-corrected chi connectivity index (χ0v) is 25.7. The molecule has 0 bridgehead atoms. The van der Waals surface area contributed by atoms with Crippen molar-refractivity contribution in [1.82, 2.24) is 16.0 Å². The van der Waals surface area contributed by atoms with Crippen molar-refractivity contribution < 1.29 is 29.3 Å². The summed E-state index contributed by atoms with van der Waals surface area (Å²) in [7, 11) is 0. The van der Waals surface area contributed by atoms with E-state index in [9.17, 15) is 19.8 Å². The molecule has 44 heavy (non-hydrogen) atoms. The first kappa shape index (κ1) is 33.0. The average molecular weight is 604 g/mol. The van der Waals surface area contributed by atoms with E-state index >= 15 is 0 Å². The van der Waals surface area contributed by atoms with E-state index in [1.807, 2.05) is 84.9 Å². The summed E-state index contributed by atoms with van der Waals surface area (Å²) in [6, 6.07) is 25.8. The van der Waals surface area contributed by atoms with E-state index in [1.165, 1.54) is 5.56 Å². The fourth-order valence-corrected chi connectivity index (χ4v) is 5.38. The third kappa shape index (κ3) is 10.4. The zero-order valence-electron chi connectivity index (χ0n) is 25.7. The Kier molecular flexibility index (Phi) is 11.8. The molecule has 5 atom stereocenters. The van der Waals surface area contributed by atoms with E-state index in [2.05, 4.69) is 16.0 Å². The summed E-state index contributed by atoms with van der Waals surface area (Å²) in [6.07, 6.45) is -1.15. The number of fused-ring (bicyclic) bond motifs is 1. The molecule has 3 aromatic rings.